The van der Waals surface area contributed by atoms with E-state index in [1.165, 1.54) is 22.3 Å². The Morgan fingerprint density at radius 2 is 1.97 bits per heavy atom. The van der Waals surface area contributed by atoms with Crippen molar-refractivity contribution < 1.29 is 9.47 Å². The maximum Gasteiger partial charge on any atom is 0.162 e. The second-order valence-electron chi connectivity index (χ2n) is 8.30. The molecule has 0 bridgehead atoms. The fraction of sp³-hybridized carbons (Fsp3) is 0.222. The minimum atomic E-state index is 0.377. The first-order chi connectivity index (χ1) is 16.1. The maximum atomic E-state index is 9.23. The Kier molecular flexibility index (Phi) is 5.57. The Hall–Kier alpha value is -3.69. The summed E-state index contributed by atoms with van der Waals surface area (Å²) < 4.78 is 11.7. The summed E-state index contributed by atoms with van der Waals surface area (Å²) in [6, 6.07) is 14.0. The van der Waals surface area contributed by atoms with Crippen molar-refractivity contribution in [3.63, 3.8) is 0 Å². The molecule has 1 aliphatic carbocycles. The van der Waals surface area contributed by atoms with Crippen molar-refractivity contribution in [1.29, 1.82) is 5.26 Å². The summed E-state index contributed by atoms with van der Waals surface area (Å²) in [5, 5.41) is 12.2. The molecule has 1 unspecified atom stereocenters. The van der Waals surface area contributed by atoms with E-state index < -0.39 is 0 Å². The predicted octanol–water partition coefficient (Wildman–Crippen LogP) is 6.16. The Balaban J connectivity index is 1.69. The minimum absolute atomic E-state index is 0.377. The number of pyridine rings is 1. The van der Waals surface area contributed by atoms with Gasteiger partial charge in [-0.1, -0.05) is 24.6 Å². The summed E-state index contributed by atoms with van der Waals surface area (Å²) in [5.74, 6) is 1.72. The number of thiazole rings is 1. The van der Waals surface area contributed by atoms with Gasteiger partial charge in [0.1, 0.15) is 6.61 Å². The first-order valence-electron chi connectivity index (χ1n) is 10.8. The first-order valence-corrected chi connectivity index (χ1v) is 11.7. The third-order valence-corrected chi connectivity index (χ3v) is 6.94. The van der Waals surface area contributed by atoms with Crippen molar-refractivity contribution >= 4 is 27.8 Å². The van der Waals surface area contributed by atoms with Crippen LogP contribution in [-0.2, 0) is 13.0 Å². The number of aromatic nitrogens is 2. The number of rotatable bonds is 5. The number of fused-ring (bicyclic) bond motifs is 3. The molecule has 0 aliphatic heterocycles. The summed E-state index contributed by atoms with van der Waals surface area (Å²) in [6.07, 6.45) is 2.92. The highest BCUT2D eigenvalue weighted by molar-refractivity contribution is 7.07. The van der Waals surface area contributed by atoms with Gasteiger partial charge in [-0.15, -0.1) is 11.3 Å². The van der Waals surface area contributed by atoms with E-state index in [1.807, 2.05) is 48.0 Å². The van der Waals surface area contributed by atoms with Crippen LogP contribution in [0.3, 0.4) is 0 Å². The summed E-state index contributed by atoms with van der Waals surface area (Å²) in [6.45, 7) is 4.83. The van der Waals surface area contributed by atoms with Crippen LogP contribution in [0, 0.1) is 17.2 Å². The Morgan fingerprint density at radius 1 is 1.15 bits per heavy atom. The van der Waals surface area contributed by atoms with E-state index in [-0.39, 0.29) is 0 Å². The van der Waals surface area contributed by atoms with Crippen LogP contribution in [0.4, 0.5) is 0 Å². The fourth-order valence-corrected chi connectivity index (χ4v) is 4.98. The van der Waals surface area contributed by atoms with E-state index in [0.29, 0.717) is 29.6 Å². The van der Waals surface area contributed by atoms with E-state index in [2.05, 4.69) is 24.9 Å². The van der Waals surface area contributed by atoms with Gasteiger partial charge in [0.25, 0.3) is 0 Å². The average molecular weight is 454 g/mol. The number of hydrogen-bond acceptors (Lipinski definition) is 6. The molecule has 2 heterocycles. The molecule has 33 heavy (non-hydrogen) atoms. The Labute approximate surface area is 197 Å². The fourth-order valence-electron chi connectivity index (χ4n) is 4.43. The molecule has 0 saturated heterocycles. The zero-order chi connectivity index (χ0) is 22.9. The van der Waals surface area contributed by atoms with Crippen molar-refractivity contribution in [2.75, 3.05) is 7.11 Å². The van der Waals surface area contributed by atoms with E-state index in [0.717, 1.165) is 28.6 Å². The van der Waals surface area contributed by atoms with Gasteiger partial charge >= 0.3 is 0 Å². The lowest BCUT2D eigenvalue weighted by Crippen LogP contribution is -2.14. The van der Waals surface area contributed by atoms with Gasteiger partial charge in [-0.3, -0.25) is 4.98 Å². The number of ether oxygens (including phenoxy) is 2. The highest BCUT2D eigenvalue weighted by atomic mass is 32.1. The van der Waals surface area contributed by atoms with E-state index >= 15 is 0 Å². The Morgan fingerprint density at radius 3 is 2.67 bits per heavy atom. The SMILES string of the molecule is COc1cc2ncc3c(c2cc1OCc1cscn1)C(c1ccc(C#N)cc1)=C(C)C(C)C3. The molecule has 0 N–H and O–H groups in total. The molecule has 0 radical (unpaired) electrons. The van der Waals surface area contributed by atoms with E-state index in [4.69, 9.17) is 14.5 Å². The number of benzene rings is 2. The van der Waals surface area contributed by atoms with Gasteiger partial charge in [0.2, 0.25) is 0 Å². The van der Waals surface area contributed by atoms with Gasteiger partial charge in [-0.05, 0) is 59.7 Å². The normalized spacial score (nSPS) is 15.3. The first kappa shape index (κ1) is 21.2. The van der Waals surface area contributed by atoms with Crippen LogP contribution in [-0.4, -0.2) is 17.1 Å². The topological polar surface area (TPSA) is 68.0 Å². The molecular weight excluding hydrogens is 430 g/mol. The molecule has 0 amide bonds. The average Bonchev–Trinajstić information content (AvgIpc) is 3.37. The third kappa shape index (κ3) is 3.85. The number of methoxy groups -OCH3 is 1. The van der Waals surface area contributed by atoms with Gasteiger partial charge in [0, 0.05) is 23.0 Å². The summed E-state index contributed by atoms with van der Waals surface area (Å²) >= 11 is 1.55. The van der Waals surface area contributed by atoms with Crippen LogP contribution in [0.15, 0.2) is 59.1 Å². The smallest absolute Gasteiger partial charge is 0.162 e. The summed E-state index contributed by atoms with van der Waals surface area (Å²) in [5.41, 5.74) is 10.2. The standard InChI is InChI=1S/C27H23N3O2S/c1-16-8-20-12-29-23-10-24(31-3)25(32-13-21-14-33-15-30-21)9-22(23)27(20)26(17(16)2)19-6-4-18(11-28)5-7-19/h4-7,9-10,12,14-16H,8,13H2,1-3H3. The number of hydrogen-bond donors (Lipinski definition) is 0. The zero-order valence-corrected chi connectivity index (χ0v) is 19.6. The molecule has 5 rings (SSSR count). The molecule has 0 saturated carbocycles. The zero-order valence-electron chi connectivity index (χ0n) is 18.8. The minimum Gasteiger partial charge on any atom is -0.493 e. The van der Waals surface area contributed by atoms with Crippen LogP contribution >= 0.6 is 11.3 Å². The maximum absolute atomic E-state index is 9.23. The molecule has 6 heteroatoms. The van der Waals surface area contributed by atoms with Gasteiger partial charge < -0.3 is 9.47 Å². The Bertz CT molecular complexity index is 1400. The van der Waals surface area contributed by atoms with Crippen LogP contribution in [0.5, 0.6) is 11.5 Å². The van der Waals surface area contributed by atoms with Crippen molar-refractivity contribution in [3.8, 4) is 17.6 Å². The second kappa shape index (κ2) is 8.68. The monoisotopic (exact) mass is 453 g/mol. The molecule has 1 aliphatic rings. The summed E-state index contributed by atoms with van der Waals surface area (Å²) in [7, 11) is 1.64. The van der Waals surface area contributed by atoms with Gasteiger partial charge in [-0.25, -0.2) is 4.98 Å². The lowest BCUT2D eigenvalue weighted by Gasteiger charge is -2.28. The highest BCUT2D eigenvalue weighted by Crippen LogP contribution is 2.44. The molecule has 164 valence electrons. The molecule has 5 nitrogen and oxygen atoms in total. The number of allylic oxidation sites excluding steroid dienone is 1. The highest BCUT2D eigenvalue weighted by Gasteiger charge is 2.26. The lowest BCUT2D eigenvalue weighted by molar-refractivity contribution is 0.282. The third-order valence-electron chi connectivity index (χ3n) is 6.30. The van der Waals surface area contributed by atoms with Crippen molar-refractivity contribution in [1.82, 2.24) is 9.97 Å². The van der Waals surface area contributed by atoms with Crippen molar-refractivity contribution in [2.24, 2.45) is 5.92 Å². The molecule has 0 spiro atoms. The van der Waals surface area contributed by atoms with Crippen molar-refractivity contribution in [3.05, 3.63) is 87.0 Å². The van der Waals surface area contributed by atoms with Crippen LogP contribution in [0.1, 0.15) is 41.8 Å². The number of nitrogens with zero attached hydrogens (tertiary/aromatic N) is 3. The predicted molar refractivity (Wildman–Crippen MR) is 130 cm³/mol. The van der Waals surface area contributed by atoms with Crippen LogP contribution in [0.25, 0.3) is 16.5 Å². The largest absolute Gasteiger partial charge is 0.493 e. The van der Waals surface area contributed by atoms with Gasteiger partial charge in [-0.2, -0.15) is 5.26 Å². The molecule has 2 aromatic heterocycles. The van der Waals surface area contributed by atoms with Crippen molar-refractivity contribution in [2.45, 2.75) is 26.9 Å². The molecule has 0 fully saturated rings. The van der Waals surface area contributed by atoms with E-state index in [9.17, 15) is 5.26 Å². The van der Waals surface area contributed by atoms with Crippen LogP contribution < -0.4 is 9.47 Å². The molecule has 4 aromatic rings. The number of nitriles is 1. The van der Waals surface area contributed by atoms with E-state index in [1.54, 1.807) is 24.0 Å². The summed E-state index contributed by atoms with van der Waals surface area (Å²) in [4.78, 5) is 9.07. The molecule has 1 atom stereocenters. The van der Waals surface area contributed by atoms with Crippen LogP contribution in [0.2, 0.25) is 0 Å². The van der Waals surface area contributed by atoms with Gasteiger partial charge in [0.15, 0.2) is 11.5 Å². The molecular formula is C27H23N3O2S. The lowest BCUT2D eigenvalue weighted by atomic mass is 9.77. The molecule has 2 aromatic carbocycles. The quantitative estimate of drug-likeness (QED) is 0.362. The second-order valence-corrected chi connectivity index (χ2v) is 9.02. The van der Waals surface area contributed by atoms with Gasteiger partial charge in [0.05, 0.1) is 35.5 Å².